The number of carbonyl (C=O) groups excluding carboxylic acids is 1. The van der Waals surface area contributed by atoms with Crippen LogP contribution in [0.4, 0.5) is 0 Å². The van der Waals surface area contributed by atoms with Crippen molar-refractivity contribution in [2.75, 3.05) is 6.54 Å². The number of ether oxygens (including phenoxy) is 2. The summed E-state index contributed by atoms with van der Waals surface area (Å²) in [5, 5.41) is 12.3. The number of nitrogens with one attached hydrogen (secondary N) is 1. The zero-order chi connectivity index (χ0) is 35.8. The minimum atomic E-state index is -2.02. The first-order valence-electron chi connectivity index (χ1n) is 17.0. The highest BCUT2D eigenvalue weighted by molar-refractivity contribution is 6.76. The summed E-state index contributed by atoms with van der Waals surface area (Å²) in [5.74, 6) is -0.632. The van der Waals surface area contributed by atoms with Gasteiger partial charge in [-0.2, -0.15) is 0 Å². The van der Waals surface area contributed by atoms with Crippen LogP contribution in [0.1, 0.15) is 52.7 Å². The van der Waals surface area contributed by atoms with Gasteiger partial charge in [0, 0.05) is 37.7 Å². The van der Waals surface area contributed by atoms with Gasteiger partial charge in [-0.15, -0.1) is 0 Å². The lowest BCUT2D eigenvalue weighted by atomic mass is 9.89. The van der Waals surface area contributed by atoms with Crippen molar-refractivity contribution in [2.45, 2.75) is 55.5 Å². The monoisotopic (exact) mass is 742 g/mol. The number of rotatable bonds is 12. The van der Waals surface area contributed by atoms with E-state index in [2.05, 4.69) is 77.8 Å². The van der Waals surface area contributed by atoms with E-state index in [1.54, 1.807) is 0 Å². The van der Waals surface area contributed by atoms with Crippen molar-refractivity contribution >= 4 is 40.7 Å². The highest BCUT2D eigenvalue weighted by Gasteiger charge is 2.39. The second-order valence-corrected chi connectivity index (χ2v) is 15.2. The van der Waals surface area contributed by atoms with Gasteiger partial charge in [-0.1, -0.05) is 169 Å². The van der Waals surface area contributed by atoms with Crippen molar-refractivity contribution in [2.24, 2.45) is 5.92 Å². The Kier molecular flexibility index (Phi) is 12.5. The molecule has 1 fully saturated rings. The van der Waals surface area contributed by atoms with Crippen LogP contribution in [0.25, 0.3) is 11.1 Å². The number of alkyl halides is 3. The molecule has 0 bridgehead atoms. The number of amides is 1. The standard InChI is InChI=1S/C42H41Cl3N2O4/c1-29-38(27-47(25-30-9-4-2-5-10-30)26-31-11-6-3-7-12-31)50-40(51-39(29)35-17-15-32(28-48)16-18-35)36-21-19-34(20-22-36)37-14-8-13-33(23-37)24-46-41(49)42(43,44)45/h2-23,29,38-40,48H,24-28H2,1H3,(H,46,49)/t29-,38+,39+,40+/m0/s1. The molecule has 6 nitrogen and oxygen atoms in total. The first-order chi connectivity index (χ1) is 24.7. The minimum Gasteiger partial charge on any atom is -0.392 e. The number of hydrogen-bond acceptors (Lipinski definition) is 5. The van der Waals surface area contributed by atoms with E-state index in [-0.39, 0.29) is 31.3 Å². The Hall–Kier alpha value is -3.72. The molecule has 1 heterocycles. The van der Waals surface area contributed by atoms with Crippen LogP contribution >= 0.6 is 34.8 Å². The topological polar surface area (TPSA) is 71.0 Å². The van der Waals surface area contributed by atoms with E-state index in [1.165, 1.54) is 11.1 Å². The van der Waals surface area contributed by atoms with Crippen LogP contribution in [0, 0.1) is 5.92 Å². The predicted octanol–water partition coefficient (Wildman–Crippen LogP) is 9.33. The fourth-order valence-electron chi connectivity index (χ4n) is 6.43. The number of aliphatic hydroxyl groups excluding tert-OH is 1. The summed E-state index contributed by atoms with van der Waals surface area (Å²) in [6, 6.07) is 45.1. The molecule has 0 spiro atoms. The van der Waals surface area contributed by atoms with E-state index in [0.29, 0.717) is 6.54 Å². The fraction of sp³-hybridized carbons (Fsp3) is 0.262. The summed E-state index contributed by atoms with van der Waals surface area (Å²) in [6.07, 6.45) is -0.962. The number of nitrogens with zero attached hydrogens (tertiary/aromatic N) is 1. The zero-order valence-corrected chi connectivity index (χ0v) is 30.6. The molecule has 2 N–H and O–H groups in total. The number of hydrogen-bond donors (Lipinski definition) is 2. The zero-order valence-electron chi connectivity index (χ0n) is 28.3. The summed E-state index contributed by atoms with van der Waals surface area (Å²) >= 11 is 17.1. The van der Waals surface area contributed by atoms with Crippen LogP contribution in [-0.4, -0.2) is 32.4 Å². The Labute approximate surface area is 314 Å². The molecule has 5 aromatic rings. The highest BCUT2D eigenvalue weighted by Crippen LogP contribution is 2.42. The third-order valence-electron chi connectivity index (χ3n) is 9.21. The van der Waals surface area contributed by atoms with Crippen LogP contribution in [0.3, 0.4) is 0 Å². The van der Waals surface area contributed by atoms with Gasteiger partial charge in [0.25, 0.3) is 9.70 Å². The van der Waals surface area contributed by atoms with E-state index in [0.717, 1.165) is 46.5 Å². The molecule has 1 saturated heterocycles. The molecule has 0 aliphatic carbocycles. The van der Waals surface area contributed by atoms with Crippen molar-refractivity contribution in [3.8, 4) is 11.1 Å². The Morgan fingerprint density at radius 3 is 1.88 bits per heavy atom. The quantitative estimate of drug-likeness (QED) is 0.125. The van der Waals surface area contributed by atoms with Crippen LogP contribution in [0.2, 0.25) is 0 Å². The van der Waals surface area contributed by atoms with Gasteiger partial charge in [-0.05, 0) is 45.0 Å². The van der Waals surface area contributed by atoms with Crippen molar-refractivity contribution in [3.63, 3.8) is 0 Å². The van der Waals surface area contributed by atoms with E-state index < -0.39 is 16.0 Å². The largest absolute Gasteiger partial charge is 0.392 e. The van der Waals surface area contributed by atoms with Crippen LogP contribution < -0.4 is 5.32 Å². The molecule has 4 atom stereocenters. The number of aliphatic hydroxyl groups is 1. The lowest BCUT2D eigenvalue weighted by Crippen LogP contribution is -2.44. The Balaban J connectivity index is 1.25. The summed E-state index contributed by atoms with van der Waals surface area (Å²) < 4.78 is 11.6. The second-order valence-electron chi connectivity index (χ2n) is 13.0. The third kappa shape index (κ3) is 10.00. The van der Waals surface area contributed by atoms with Crippen molar-refractivity contribution in [1.29, 1.82) is 0 Å². The van der Waals surface area contributed by atoms with E-state index in [9.17, 15) is 9.90 Å². The van der Waals surface area contributed by atoms with Crippen LogP contribution in [0.5, 0.6) is 0 Å². The fourth-order valence-corrected chi connectivity index (χ4v) is 6.63. The second kappa shape index (κ2) is 17.2. The molecule has 1 aliphatic heterocycles. The van der Waals surface area contributed by atoms with Crippen LogP contribution in [0.15, 0.2) is 133 Å². The molecule has 9 heteroatoms. The summed E-state index contributed by atoms with van der Waals surface area (Å²) in [5.41, 5.74) is 8.17. The molecule has 51 heavy (non-hydrogen) atoms. The number of carbonyl (C=O) groups is 1. The maximum absolute atomic E-state index is 12.0. The molecule has 0 aromatic heterocycles. The molecule has 1 aliphatic rings. The van der Waals surface area contributed by atoms with Crippen molar-refractivity contribution in [3.05, 3.63) is 167 Å². The Morgan fingerprint density at radius 2 is 1.29 bits per heavy atom. The van der Waals surface area contributed by atoms with E-state index >= 15 is 0 Å². The Morgan fingerprint density at radius 1 is 0.706 bits per heavy atom. The molecule has 1 amide bonds. The average molecular weight is 744 g/mol. The molecular weight excluding hydrogens is 703 g/mol. The van der Waals surface area contributed by atoms with Gasteiger partial charge in [-0.3, -0.25) is 9.69 Å². The highest BCUT2D eigenvalue weighted by atomic mass is 35.6. The van der Waals surface area contributed by atoms with Gasteiger partial charge in [0.15, 0.2) is 6.29 Å². The average Bonchev–Trinajstić information content (AvgIpc) is 3.15. The van der Waals surface area contributed by atoms with Gasteiger partial charge in [0.1, 0.15) is 0 Å². The predicted molar refractivity (Wildman–Crippen MR) is 204 cm³/mol. The number of benzene rings is 5. The molecule has 5 aromatic carbocycles. The van der Waals surface area contributed by atoms with Gasteiger partial charge in [-0.25, -0.2) is 0 Å². The number of halogens is 3. The lowest BCUT2D eigenvalue weighted by molar-refractivity contribution is -0.276. The summed E-state index contributed by atoms with van der Waals surface area (Å²) in [4.78, 5) is 14.5. The molecule has 0 radical (unpaired) electrons. The summed E-state index contributed by atoms with van der Waals surface area (Å²) in [6.45, 7) is 4.68. The molecular formula is C42H41Cl3N2O4. The summed E-state index contributed by atoms with van der Waals surface area (Å²) in [7, 11) is 0. The SMILES string of the molecule is C[C@H]1[C@@H](CN(Cc2ccccc2)Cc2ccccc2)O[C@@H](c2ccc(-c3cccc(CNC(=O)C(Cl)(Cl)Cl)c3)cc2)O[C@H]1c1ccc(CO)cc1. The Bertz CT molecular complexity index is 1810. The van der Waals surface area contributed by atoms with Crippen molar-refractivity contribution < 1.29 is 19.4 Å². The molecule has 0 saturated carbocycles. The van der Waals surface area contributed by atoms with Gasteiger partial charge >= 0.3 is 0 Å². The van der Waals surface area contributed by atoms with Crippen LogP contribution in [-0.2, 0) is 40.5 Å². The molecule has 0 unspecified atom stereocenters. The smallest absolute Gasteiger partial charge is 0.272 e. The molecule has 264 valence electrons. The maximum atomic E-state index is 12.0. The van der Waals surface area contributed by atoms with Gasteiger partial charge < -0.3 is 19.9 Å². The van der Waals surface area contributed by atoms with Gasteiger partial charge in [0.05, 0.1) is 18.8 Å². The van der Waals surface area contributed by atoms with E-state index in [1.807, 2.05) is 72.8 Å². The maximum Gasteiger partial charge on any atom is 0.272 e. The minimum absolute atomic E-state index is 0.0114. The van der Waals surface area contributed by atoms with Crippen molar-refractivity contribution in [1.82, 2.24) is 10.2 Å². The molecule has 6 rings (SSSR count). The van der Waals surface area contributed by atoms with Gasteiger partial charge in [0.2, 0.25) is 0 Å². The normalized spacial score (nSPS) is 19.2. The first-order valence-corrected chi connectivity index (χ1v) is 18.1. The van der Waals surface area contributed by atoms with E-state index in [4.69, 9.17) is 44.3 Å². The lowest BCUT2D eigenvalue weighted by Gasteiger charge is -2.43. The first kappa shape index (κ1) is 37.1. The third-order valence-corrected chi connectivity index (χ3v) is 9.73.